The number of hydrogen-bond donors (Lipinski definition) is 2. The molecule has 0 radical (unpaired) electrons. The lowest BCUT2D eigenvalue weighted by atomic mass is 10.1. The molecule has 0 rings (SSSR count). The number of carboxylic acid groups (broad SMARTS) is 2. The first kappa shape index (κ1) is 40.0. The number of rotatable bonds is 20. The lowest BCUT2D eigenvalue weighted by Gasteiger charge is -2.01. The molecule has 0 aromatic carbocycles. The first-order chi connectivity index (χ1) is 16.4. The Bertz CT molecular complexity index is 328. The average Bonchev–Trinajstić information content (AvgIpc) is 2.80. The molecule has 0 atom stereocenters. The number of quaternary nitrogens is 2. The molecule has 0 unspecified atom stereocenters. The smallest absolute Gasteiger partial charge is 0.0739 e. The molecule has 6 heteroatoms. The minimum Gasteiger partial charge on any atom is -0.550 e. The molecular formula is C28H62N2O4. The number of aliphatic carboxylic acids is 2. The van der Waals surface area contributed by atoms with E-state index in [1.54, 1.807) is 0 Å². The molecule has 0 aromatic rings. The topological polar surface area (TPSA) is 136 Å². The Hall–Kier alpha value is -1.14. The Balaban J connectivity index is -0.000000191. The number of carboxylic acids is 2. The van der Waals surface area contributed by atoms with Gasteiger partial charge < -0.3 is 31.3 Å². The summed E-state index contributed by atoms with van der Waals surface area (Å²) in [6.45, 7) is 10.9. The van der Waals surface area contributed by atoms with Crippen LogP contribution in [0.2, 0.25) is 0 Å². The van der Waals surface area contributed by atoms with Gasteiger partial charge in [0.2, 0.25) is 0 Å². The lowest BCUT2D eigenvalue weighted by Crippen LogP contribution is -2.49. The monoisotopic (exact) mass is 490 g/mol. The standard InChI is InChI=1S/2C10H20O2.2C4H11N/c2*1-2-3-4-5-6-7-8-9-10(11)12;2*1-2-3-4-5/h2*2-9H2,1H3,(H,11,12);2*2-5H2,1H3. The van der Waals surface area contributed by atoms with E-state index in [0.29, 0.717) is 0 Å². The van der Waals surface area contributed by atoms with E-state index in [2.05, 4.69) is 39.2 Å². The minimum atomic E-state index is -0.913. The third-order valence-electron chi connectivity index (χ3n) is 5.18. The van der Waals surface area contributed by atoms with Gasteiger partial charge in [0.05, 0.1) is 13.1 Å². The van der Waals surface area contributed by atoms with E-state index in [9.17, 15) is 19.8 Å². The first-order valence-electron chi connectivity index (χ1n) is 14.4. The van der Waals surface area contributed by atoms with Crippen LogP contribution in [0.4, 0.5) is 0 Å². The molecule has 0 bridgehead atoms. The Kier molecular flexibility index (Phi) is 49.5. The fourth-order valence-electron chi connectivity index (χ4n) is 2.95. The second kappa shape index (κ2) is 42.1. The summed E-state index contributed by atoms with van der Waals surface area (Å²) in [5.74, 6) is -1.83. The molecule has 0 heterocycles. The van der Waals surface area contributed by atoms with E-state index < -0.39 is 11.9 Å². The van der Waals surface area contributed by atoms with E-state index in [1.807, 2.05) is 0 Å². The number of hydrogen-bond acceptors (Lipinski definition) is 4. The molecule has 0 saturated carbocycles. The number of carbonyl (C=O) groups is 2. The molecular weight excluding hydrogens is 428 g/mol. The van der Waals surface area contributed by atoms with Crippen LogP contribution in [0.15, 0.2) is 0 Å². The van der Waals surface area contributed by atoms with Crippen molar-refractivity contribution in [2.45, 2.75) is 156 Å². The van der Waals surface area contributed by atoms with Crippen LogP contribution in [-0.2, 0) is 9.59 Å². The van der Waals surface area contributed by atoms with E-state index in [0.717, 1.165) is 38.8 Å². The van der Waals surface area contributed by atoms with Gasteiger partial charge in [0.1, 0.15) is 0 Å². The lowest BCUT2D eigenvalue weighted by molar-refractivity contribution is -0.368. The Morgan fingerprint density at radius 1 is 0.441 bits per heavy atom. The Morgan fingerprint density at radius 3 is 0.853 bits per heavy atom. The normalized spacial score (nSPS) is 9.59. The maximum absolute atomic E-state index is 10.0. The van der Waals surface area contributed by atoms with Gasteiger partial charge in [-0.1, -0.05) is 118 Å². The molecule has 0 fully saturated rings. The van der Waals surface area contributed by atoms with Gasteiger partial charge in [-0.25, -0.2) is 0 Å². The van der Waals surface area contributed by atoms with Gasteiger partial charge in [-0.2, -0.15) is 0 Å². The molecule has 34 heavy (non-hydrogen) atoms. The van der Waals surface area contributed by atoms with Crippen LogP contribution in [0.25, 0.3) is 0 Å². The fourth-order valence-corrected chi connectivity index (χ4v) is 2.95. The molecule has 0 aliphatic rings. The summed E-state index contributed by atoms with van der Waals surface area (Å²) in [6.07, 6.45) is 21.8. The molecule has 6 nitrogen and oxygen atoms in total. The van der Waals surface area contributed by atoms with Crippen LogP contribution in [0.3, 0.4) is 0 Å². The molecule has 0 aliphatic carbocycles. The van der Waals surface area contributed by atoms with Gasteiger partial charge in [-0.05, 0) is 38.5 Å². The van der Waals surface area contributed by atoms with Gasteiger partial charge in [0.15, 0.2) is 0 Å². The summed E-state index contributed by atoms with van der Waals surface area (Å²) in [5.41, 5.74) is 7.35. The predicted molar refractivity (Wildman–Crippen MR) is 141 cm³/mol. The van der Waals surface area contributed by atoms with Crippen LogP contribution in [0.1, 0.15) is 156 Å². The van der Waals surface area contributed by atoms with Gasteiger partial charge in [0, 0.05) is 11.9 Å². The van der Waals surface area contributed by atoms with Crippen LogP contribution >= 0.6 is 0 Å². The van der Waals surface area contributed by atoms with Crippen molar-refractivity contribution >= 4 is 11.9 Å². The van der Waals surface area contributed by atoms with Crippen molar-refractivity contribution in [2.24, 2.45) is 0 Å². The highest BCUT2D eigenvalue weighted by atomic mass is 16.4. The summed E-state index contributed by atoms with van der Waals surface area (Å²) in [7, 11) is 0. The molecule has 0 spiro atoms. The van der Waals surface area contributed by atoms with Crippen LogP contribution in [0, 0.1) is 0 Å². The molecule has 0 saturated heterocycles. The van der Waals surface area contributed by atoms with E-state index >= 15 is 0 Å². The van der Waals surface area contributed by atoms with E-state index in [-0.39, 0.29) is 12.8 Å². The third kappa shape index (κ3) is 63.2. The van der Waals surface area contributed by atoms with Crippen molar-refractivity contribution in [3.8, 4) is 0 Å². The van der Waals surface area contributed by atoms with Gasteiger partial charge in [-0.15, -0.1) is 0 Å². The summed E-state index contributed by atoms with van der Waals surface area (Å²) in [5, 5.41) is 20.0. The van der Waals surface area contributed by atoms with Crippen molar-refractivity contribution in [1.29, 1.82) is 0 Å². The van der Waals surface area contributed by atoms with Gasteiger partial charge in [-0.3, -0.25) is 0 Å². The fraction of sp³-hybridized carbons (Fsp3) is 0.929. The average molecular weight is 491 g/mol. The van der Waals surface area contributed by atoms with E-state index in [1.165, 1.54) is 89.9 Å². The Morgan fingerprint density at radius 2 is 0.676 bits per heavy atom. The number of unbranched alkanes of at least 4 members (excludes halogenated alkanes) is 14. The molecule has 6 N–H and O–H groups in total. The zero-order valence-electron chi connectivity index (χ0n) is 23.6. The Labute approximate surface area is 212 Å². The van der Waals surface area contributed by atoms with Gasteiger partial charge >= 0.3 is 0 Å². The van der Waals surface area contributed by atoms with Crippen molar-refractivity contribution in [1.82, 2.24) is 0 Å². The maximum atomic E-state index is 10.0. The number of carbonyl (C=O) groups excluding carboxylic acids is 2. The second-order valence-electron chi connectivity index (χ2n) is 8.90. The highest BCUT2D eigenvalue weighted by Gasteiger charge is 1.91. The minimum absolute atomic E-state index is 0.230. The van der Waals surface area contributed by atoms with Crippen LogP contribution in [0.5, 0.6) is 0 Å². The molecule has 208 valence electrons. The SMILES string of the molecule is CCCCCCCCCC(=O)[O-].CCCCCCCCCC(=O)[O-].CCCC[NH3+].CCCC[NH3+]. The maximum Gasteiger partial charge on any atom is 0.0739 e. The largest absolute Gasteiger partial charge is 0.550 e. The van der Waals surface area contributed by atoms with Crippen molar-refractivity contribution in [3.63, 3.8) is 0 Å². The summed E-state index contributed by atoms with van der Waals surface area (Å²) in [4.78, 5) is 20.0. The van der Waals surface area contributed by atoms with E-state index in [4.69, 9.17) is 0 Å². The second-order valence-corrected chi connectivity index (χ2v) is 8.90. The molecule has 0 aliphatic heterocycles. The first-order valence-corrected chi connectivity index (χ1v) is 14.4. The zero-order chi connectivity index (χ0) is 26.7. The highest BCUT2D eigenvalue weighted by molar-refractivity contribution is 5.64. The zero-order valence-corrected chi connectivity index (χ0v) is 23.6. The highest BCUT2D eigenvalue weighted by Crippen LogP contribution is 2.08. The summed E-state index contributed by atoms with van der Waals surface area (Å²) >= 11 is 0. The predicted octanol–water partition coefficient (Wildman–Crippen LogP) is 3.81. The van der Waals surface area contributed by atoms with Crippen LogP contribution < -0.4 is 21.7 Å². The van der Waals surface area contributed by atoms with Gasteiger partial charge in [0.25, 0.3) is 0 Å². The van der Waals surface area contributed by atoms with Crippen LogP contribution in [-0.4, -0.2) is 25.0 Å². The van der Waals surface area contributed by atoms with Crippen molar-refractivity contribution in [3.05, 3.63) is 0 Å². The van der Waals surface area contributed by atoms with Crippen molar-refractivity contribution in [2.75, 3.05) is 13.1 Å². The summed E-state index contributed by atoms with van der Waals surface area (Å²) in [6, 6.07) is 0. The quantitative estimate of drug-likeness (QED) is 0.251. The van der Waals surface area contributed by atoms with Crippen molar-refractivity contribution < 1.29 is 31.3 Å². The molecule has 0 amide bonds. The third-order valence-corrected chi connectivity index (χ3v) is 5.18. The summed E-state index contributed by atoms with van der Waals surface area (Å²) < 4.78 is 0. The molecule has 0 aromatic heterocycles.